The van der Waals surface area contributed by atoms with Crippen LogP contribution >= 0.6 is 0 Å². The molecule has 0 bridgehead atoms. The predicted octanol–water partition coefficient (Wildman–Crippen LogP) is 10.2. The highest BCUT2D eigenvalue weighted by molar-refractivity contribution is 7.00. The molecule has 0 radical (unpaired) electrons. The Balaban J connectivity index is 1.46. The number of ether oxygens (including phenoxy) is 1. The van der Waals surface area contributed by atoms with Crippen LogP contribution in [-0.2, 0) is 0 Å². The van der Waals surface area contributed by atoms with E-state index in [1.807, 2.05) is 62.4 Å². The van der Waals surface area contributed by atoms with Gasteiger partial charge in [0.05, 0.1) is 0 Å². The van der Waals surface area contributed by atoms with E-state index < -0.39 is 6.36 Å². The van der Waals surface area contributed by atoms with Gasteiger partial charge in [-0.2, -0.15) is 0 Å². The van der Waals surface area contributed by atoms with Crippen molar-refractivity contribution < 1.29 is 17.9 Å². The molecule has 2 aliphatic rings. The second kappa shape index (κ2) is 10.9. The van der Waals surface area contributed by atoms with Gasteiger partial charge in [0.15, 0.2) is 0 Å². The zero-order valence-corrected chi connectivity index (χ0v) is 28.1. The molecule has 0 N–H and O–H groups in total. The lowest BCUT2D eigenvalue weighted by atomic mass is 9.33. The molecule has 50 heavy (non-hydrogen) atoms. The molecule has 244 valence electrons. The summed E-state index contributed by atoms with van der Waals surface area (Å²) >= 11 is 0. The number of hydrogen-bond donors (Lipinski definition) is 0. The van der Waals surface area contributed by atoms with E-state index in [9.17, 15) is 13.2 Å². The van der Waals surface area contributed by atoms with Gasteiger partial charge in [0.25, 0.3) is 6.71 Å². The fourth-order valence-corrected chi connectivity index (χ4v) is 7.96. The van der Waals surface area contributed by atoms with Gasteiger partial charge in [-0.3, -0.25) is 0 Å². The van der Waals surface area contributed by atoms with Gasteiger partial charge in [-0.05, 0) is 79.1 Å². The standard InChI is InChI=1S/C43H32BF3N2O/c1-25-5-13-31(14-6-25)48-38-23-33(50-43(45,46)47)24-39-40(38)44(36-19-11-29-21-27(3)9-17-34(29)41(36)48)37-20-12-30-22-28(4)10-18-35(30)42(37)49(39)32-15-7-26(2)8-16-32/h5-24H,1-4H3. The largest absolute Gasteiger partial charge is 0.573 e. The van der Waals surface area contributed by atoms with Crippen LogP contribution in [0.5, 0.6) is 5.75 Å². The zero-order valence-electron chi connectivity index (χ0n) is 28.1. The number of aryl methyl sites for hydroxylation is 4. The molecule has 0 aliphatic carbocycles. The molecule has 7 heteroatoms. The Morgan fingerprint density at radius 2 is 0.920 bits per heavy atom. The highest BCUT2D eigenvalue weighted by Crippen LogP contribution is 2.49. The van der Waals surface area contributed by atoms with E-state index in [1.54, 1.807) is 12.1 Å². The Morgan fingerprint density at radius 3 is 1.34 bits per heavy atom. The van der Waals surface area contributed by atoms with Gasteiger partial charge in [0.2, 0.25) is 0 Å². The first-order valence-electron chi connectivity index (χ1n) is 16.8. The van der Waals surface area contributed by atoms with Crippen LogP contribution in [0.3, 0.4) is 0 Å². The van der Waals surface area contributed by atoms with Gasteiger partial charge in [0, 0.05) is 57.0 Å². The Kier molecular flexibility index (Phi) is 6.63. The van der Waals surface area contributed by atoms with Crippen molar-refractivity contribution in [3.63, 3.8) is 0 Å². The second-order valence-corrected chi connectivity index (χ2v) is 13.7. The third-order valence-corrected chi connectivity index (χ3v) is 10.1. The minimum Gasteiger partial charge on any atom is -0.406 e. The van der Waals surface area contributed by atoms with Crippen LogP contribution in [0, 0.1) is 27.7 Å². The van der Waals surface area contributed by atoms with Crippen molar-refractivity contribution in [2.24, 2.45) is 0 Å². The topological polar surface area (TPSA) is 15.7 Å². The molecular weight excluding hydrogens is 628 g/mol. The maximum Gasteiger partial charge on any atom is 0.573 e. The molecular formula is C43H32BF3N2O. The molecule has 0 unspecified atom stereocenters. The van der Waals surface area contributed by atoms with Gasteiger partial charge in [-0.25, -0.2) is 0 Å². The molecule has 0 atom stereocenters. The summed E-state index contributed by atoms with van der Waals surface area (Å²) < 4.78 is 47.3. The summed E-state index contributed by atoms with van der Waals surface area (Å²) in [7, 11) is 0. The van der Waals surface area contributed by atoms with Gasteiger partial charge in [-0.1, -0.05) is 107 Å². The zero-order chi connectivity index (χ0) is 34.5. The Morgan fingerprint density at radius 1 is 0.500 bits per heavy atom. The average Bonchev–Trinajstić information content (AvgIpc) is 3.08. The number of fused-ring (bicyclic) bond motifs is 8. The molecule has 0 spiro atoms. The smallest absolute Gasteiger partial charge is 0.406 e. The number of halogens is 3. The third kappa shape index (κ3) is 4.75. The molecule has 2 heterocycles. The molecule has 0 fully saturated rings. The molecule has 0 saturated carbocycles. The Bertz CT molecular complexity index is 2340. The second-order valence-electron chi connectivity index (χ2n) is 13.7. The predicted molar refractivity (Wildman–Crippen MR) is 201 cm³/mol. The monoisotopic (exact) mass is 660 g/mol. The van der Waals surface area contributed by atoms with E-state index in [0.29, 0.717) is 11.4 Å². The normalized spacial score (nSPS) is 13.4. The van der Waals surface area contributed by atoms with E-state index in [1.165, 1.54) is 0 Å². The average molecular weight is 661 g/mol. The van der Waals surface area contributed by atoms with Crippen molar-refractivity contribution in [3.8, 4) is 5.75 Å². The molecule has 3 nitrogen and oxygen atoms in total. The third-order valence-electron chi connectivity index (χ3n) is 10.1. The van der Waals surface area contributed by atoms with Crippen LogP contribution in [0.1, 0.15) is 22.3 Å². The number of nitrogens with zero attached hydrogens (tertiary/aromatic N) is 2. The van der Waals surface area contributed by atoms with Crippen LogP contribution < -0.4 is 30.9 Å². The van der Waals surface area contributed by atoms with Crippen LogP contribution in [0.4, 0.5) is 47.3 Å². The van der Waals surface area contributed by atoms with Crippen molar-refractivity contribution in [1.29, 1.82) is 0 Å². The molecule has 0 aromatic heterocycles. The van der Waals surface area contributed by atoms with Gasteiger partial charge in [-0.15, -0.1) is 13.2 Å². The SMILES string of the molecule is Cc1ccc(N2c3cc(OC(F)(F)F)cc4c3B(c3ccc5cc(C)ccc5c32)c2ccc3cc(C)ccc3c2N4c2ccc(C)cc2)cc1. The first-order chi connectivity index (χ1) is 24.0. The van der Waals surface area contributed by atoms with Crippen molar-refractivity contribution in [2.75, 3.05) is 9.80 Å². The number of rotatable bonds is 3. The van der Waals surface area contributed by atoms with E-state index in [-0.39, 0.29) is 12.5 Å². The lowest BCUT2D eigenvalue weighted by Gasteiger charge is -2.45. The Hall–Kier alpha value is -5.69. The maximum atomic E-state index is 14.1. The fourth-order valence-electron chi connectivity index (χ4n) is 7.96. The van der Waals surface area contributed by atoms with Gasteiger partial charge >= 0.3 is 6.36 Å². The van der Waals surface area contributed by atoms with Gasteiger partial charge < -0.3 is 14.5 Å². The van der Waals surface area contributed by atoms with Gasteiger partial charge in [0.1, 0.15) is 5.75 Å². The number of alkyl halides is 3. The number of hydrogen-bond acceptors (Lipinski definition) is 3. The highest BCUT2D eigenvalue weighted by atomic mass is 19.4. The van der Waals surface area contributed by atoms with E-state index in [2.05, 4.69) is 84.3 Å². The summed E-state index contributed by atoms with van der Waals surface area (Å²) in [5, 5.41) is 4.20. The van der Waals surface area contributed by atoms with Crippen LogP contribution in [0.2, 0.25) is 0 Å². The minimum atomic E-state index is -4.88. The molecule has 7 aromatic rings. The number of benzene rings is 7. The summed E-state index contributed by atoms with van der Waals surface area (Å²) in [6.07, 6.45) is -4.88. The maximum absolute atomic E-state index is 14.1. The molecule has 9 rings (SSSR count). The van der Waals surface area contributed by atoms with Crippen molar-refractivity contribution in [3.05, 3.63) is 144 Å². The highest BCUT2D eigenvalue weighted by Gasteiger charge is 2.45. The lowest BCUT2D eigenvalue weighted by molar-refractivity contribution is -0.274. The molecule has 2 aliphatic heterocycles. The summed E-state index contributed by atoms with van der Waals surface area (Å²) in [6.45, 7) is 7.95. The first-order valence-corrected chi connectivity index (χ1v) is 16.8. The minimum absolute atomic E-state index is 0.260. The summed E-state index contributed by atoms with van der Waals surface area (Å²) in [5.41, 5.74) is 12.5. The summed E-state index contributed by atoms with van der Waals surface area (Å²) in [4.78, 5) is 4.27. The van der Waals surface area contributed by atoms with Crippen LogP contribution in [-0.4, -0.2) is 13.1 Å². The van der Waals surface area contributed by atoms with Crippen molar-refractivity contribution in [1.82, 2.24) is 0 Å². The first kappa shape index (κ1) is 30.4. The molecule has 0 amide bonds. The van der Waals surface area contributed by atoms with E-state index >= 15 is 0 Å². The van der Waals surface area contributed by atoms with Crippen molar-refractivity contribution in [2.45, 2.75) is 34.1 Å². The lowest BCUT2D eigenvalue weighted by Crippen LogP contribution is -2.61. The Labute approximate surface area is 289 Å². The summed E-state index contributed by atoms with van der Waals surface area (Å²) in [6, 6.07) is 41.0. The van der Waals surface area contributed by atoms with Crippen molar-refractivity contribution >= 4 is 78.8 Å². The van der Waals surface area contributed by atoms with E-state index in [4.69, 9.17) is 4.74 Å². The molecule has 0 saturated heterocycles. The van der Waals surface area contributed by atoms with Crippen LogP contribution in [0.15, 0.2) is 121 Å². The van der Waals surface area contributed by atoms with Crippen LogP contribution in [0.25, 0.3) is 21.5 Å². The molecule has 7 aromatic carbocycles. The number of anilines is 6. The fraction of sp³-hybridized carbons (Fsp3) is 0.116. The summed E-state index contributed by atoms with van der Waals surface area (Å²) in [5.74, 6) is -0.265. The quantitative estimate of drug-likeness (QED) is 0.176. The van der Waals surface area contributed by atoms with E-state index in [0.717, 1.165) is 82.9 Å².